The molecule has 8 nitrogen and oxygen atoms in total. The molecule has 0 N–H and O–H groups in total. The molecule has 2 heterocycles. The van der Waals surface area contributed by atoms with Crippen LogP contribution in [-0.4, -0.2) is 52.9 Å². The van der Waals surface area contributed by atoms with Crippen LogP contribution in [-0.2, 0) is 6.54 Å². The van der Waals surface area contributed by atoms with E-state index in [0.717, 1.165) is 51.8 Å². The van der Waals surface area contributed by atoms with E-state index in [1.54, 1.807) is 32.2 Å². The number of hydrogen-bond acceptors (Lipinski definition) is 6. The van der Waals surface area contributed by atoms with Crippen molar-refractivity contribution in [3.05, 3.63) is 95.8 Å². The standard InChI is InChI=1S/C33H32N4O4/c1-21-8-5-6-9-26(21)30-23(18-27-28(35-30)19-29(39-2)32(41-4)31(27)40-3)20-36(24-14-15-24)33(38)22-10-12-25(13-11-22)37-17-7-16-34-37/h5-13,16-19,24H,14-15,20H2,1-4H3. The molecule has 1 saturated carbocycles. The van der Waals surface area contributed by atoms with Crippen LogP contribution < -0.4 is 14.2 Å². The van der Waals surface area contributed by atoms with E-state index in [1.165, 1.54) is 0 Å². The van der Waals surface area contributed by atoms with Crippen molar-refractivity contribution in [3.63, 3.8) is 0 Å². The lowest BCUT2D eigenvalue weighted by Crippen LogP contribution is -2.33. The van der Waals surface area contributed by atoms with E-state index in [1.807, 2.05) is 59.6 Å². The predicted molar refractivity (Wildman–Crippen MR) is 158 cm³/mol. The molecule has 0 aliphatic heterocycles. The summed E-state index contributed by atoms with van der Waals surface area (Å²) in [6.45, 7) is 2.49. The van der Waals surface area contributed by atoms with Gasteiger partial charge in [0.05, 0.1) is 38.2 Å². The van der Waals surface area contributed by atoms with Crippen molar-refractivity contribution < 1.29 is 19.0 Å². The first-order chi connectivity index (χ1) is 20.0. The lowest BCUT2D eigenvalue weighted by Gasteiger charge is -2.25. The molecule has 0 bridgehead atoms. The summed E-state index contributed by atoms with van der Waals surface area (Å²) in [5, 5.41) is 5.08. The smallest absolute Gasteiger partial charge is 0.254 e. The lowest BCUT2D eigenvalue weighted by atomic mass is 9.98. The molecule has 8 heteroatoms. The van der Waals surface area contributed by atoms with Crippen LogP contribution in [0.2, 0.25) is 0 Å². The van der Waals surface area contributed by atoms with E-state index < -0.39 is 0 Å². The second-order valence-electron chi connectivity index (χ2n) is 10.2. The summed E-state index contributed by atoms with van der Waals surface area (Å²) in [5.74, 6) is 1.59. The third-order valence-electron chi connectivity index (χ3n) is 7.57. The maximum absolute atomic E-state index is 13.9. The van der Waals surface area contributed by atoms with Gasteiger partial charge in [-0.2, -0.15) is 5.10 Å². The Kier molecular flexibility index (Phi) is 7.05. The molecule has 1 amide bonds. The van der Waals surface area contributed by atoms with Crippen molar-refractivity contribution in [2.24, 2.45) is 0 Å². The van der Waals surface area contributed by atoms with Crippen LogP contribution >= 0.6 is 0 Å². The molecule has 5 aromatic rings. The molecule has 0 radical (unpaired) electrons. The van der Waals surface area contributed by atoms with Crippen molar-refractivity contribution in [2.45, 2.75) is 32.4 Å². The summed E-state index contributed by atoms with van der Waals surface area (Å²) >= 11 is 0. The van der Waals surface area contributed by atoms with E-state index in [-0.39, 0.29) is 11.9 Å². The Balaban J connectivity index is 1.45. The summed E-state index contributed by atoms with van der Waals surface area (Å²) < 4.78 is 18.8. The number of benzene rings is 3. The molecule has 2 aromatic heterocycles. The third-order valence-corrected chi connectivity index (χ3v) is 7.57. The van der Waals surface area contributed by atoms with Gasteiger partial charge in [-0.1, -0.05) is 24.3 Å². The summed E-state index contributed by atoms with van der Waals surface area (Å²) in [6, 6.07) is 21.8. The maximum Gasteiger partial charge on any atom is 0.254 e. The monoisotopic (exact) mass is 548 g/mol. The Morgan fingerprint density at radius 2 is 1.71 bits per heavy atom. The zero-order valence-corrected chi connectivity index (χ0v) is 23.6. The highest BCUT2D eigenvalue weighted by Crippen LogP contribution is 2.44. The van der Waals surface area contributed by atoms with Crippen molar-refractivity contribution in [1.29, 1.82) is 0 Å². The predicted octanol–water partition coefficient (Wildman–Crippen LogP) is 6.23. The van der Waals surface area contributed by atoms with Gasteiger partial charge in [0.25, 0.3) is 5.91 Å². The normalized spacial score (nSPS) is 12.8. The average molecular weight is 549 g/mol. The van der Waals surface area contributed by atoms with Gasteiger partial charge in [-0.25, -0.2) is 9.67 Å². The number of aromatic nitrogens is 3. The third kappa shape index (κ3) is 4.97. The quantitative estimate of drug-likeness (QED) is 0.217. The average Bonchev–Trinajstić information content (AvgIpc) is 3.70. The minimum absolute atomic E-state index is 0.00498. The van der Waals surface area contributed by atoms with Crippen molar-refractivity contribution in [3.8, 4) is 34.2 Å². The number of nitrogens with zero attached hydrogens (tertiary/aromatic N) is 4. The van der Waals surface area contributed by atoms with Gasteiger partial charge in [0.2, 0.25) is 5.75 Å². The second-order valence-corrected chi connectivity index (χ2v) is 10.2. The molecular weight excluding hydrogens is 516 g/mol. The largest absolute Gasteiger partial charge is 0.493 e. The molecule has 0 unspecified atom stereocenters. The molecule has 0 atom stereocenters. The van der Waals surface area contributed by atoms with Crippen molar-refractivity contribution in [1.82, 2.24) is 19.7 Å². The van der Waals surface area contributed by atoms with Gasteiger partial charge < -0.3 is 19.1 Å². The first kappa shape index (κ1) is 26.4. The number of ether oxygens (including phenoxy) is 3. The molecule has 6 rings (SSSR count). The Morgan fingerprint density at radius 1 is 0.951 bits per heavy atom. The van der Waals surface area contributed by atoms with Crippen LogP contribution in [0.3, 0.4) is 0 Å². The number of pyridine rings is 1. The van der Waals surface area contributed by atoms with E-state index in [9.17, 15) is 4.79 Å². The number of hydrogen-bond donors (Lipinski definition) is 0. The van der Waals surface area contributed by atoms with Gasteiger partial charge in [0.1, 0.15) is 0 Å². The van der Waals surface area contributed by atoms with Crippen LogP contribution in [0.25, 0.3) is 27.8 Å². The van der Waals surface area contributed by atoms with E-state index in [4.69, 9.17) is 19.2 Å². The first-order valence-corrected chi connectivity index (χ1v) is 13.6. The summed E-state index contributed by atoms with van der Waals surface area (Å²) in [7, 11) is 4.80. The van der Waals surface area contributed by atoms with Crippen LogP contribution in [0.1, 0.15) is 34.3 Å². The van der Waals surface area contributed by atoms with Gasteiger partial charge in [-0.15, -0.1) is 0 Å². The molecule has 208 valence electrons. The van der Waals surface area contributed by atoms with Gasteiger partial charge in [-0.05, 0) is 67.3 Å². The van der Waals surface area contributed by atoms with E-state index >= 15 is 0 Å². The fourth-order valence-corrected chi connectivity index (χ4v) is 5.31. The SMILES string of the molecule is COc1cc2nc(-c3ccccc3C)c(CN(C(=O)c3ccc(-n4cccn4)cc3)C3CC3)cc2c(OC)c1OC. The number of methoxy groups -OCH3 is 3. The fourth-order valence-electron chi connectivity index (χ4n) is 5.31. The second kappa shape index (κ2) is 11.0. The molecule has 0 saturated heterocycles. The number of carbonyl (C=O) groups excluding carboxylic acids is 1. The first-order valence-electron chi connectivity index (χ1n) is 13.6. The highest BCUT2D eigenvalue weighted by molar-refractivity contribution is 5.96. The van der Waals surface area contributed by atoms with Crippen LogP contribution in [0.4, 0.5) is 0 Å². The lowest BCUT2D eigenvalue weighted by molar-refractivity contribution is 0.0730. The molecule has 1 fully saturated rings. The van der Waals surface area contributed by atoms with E-state index in [0.29, 0.717) is 29.4 Å². The van der Waals surface area contributed by atoms with Gasteiger partial charge >= 0.3 is 0 Å². The summed E-state index contributed by atoms with van der Waals surface area (Å²) in [6.07, 6.45) is 5.57. The van der Waals surface area contributed by atoms with E-state index in [2.05, 4.69) is 30.2 Å². The Bertz CT molecular complexity index is 1710. The summed E-state index contributed by atoms with van der Waals surface area (Å²) in [4.78, 5) is 21.0. The molecule has 1 aliphatic carbocycles. The van der Waals surface area contributed by atoms with Crippen molar-refractivity contribution >= 4 is 16.8 Å². The number of amides is 1. The molecule has 0 spiro atoms. The van der Waals surface area contributed by atoms with Gasteiger partial charge in [0, 0.05) is 47.6 Å². The number of rotatable bonds is 9. The fraction of sp³-hybridized carbons (Fsp3) is 0.242. The zero-order chi connectivity index (χ0) is 28.5. The minimum Gasteiger partial charge on any atom is -0.493 e. The highest BCUT2D eigenvalue weighted by atomic mass is 16.5. The number of aryl methyl sites for hydroxylation is 1. The molecule has 41 heavy (non-hydrogen) atoms. The van der Waals surface area contributed by atoms with Crippen LogP contribution in [0, 0.1) is 6.92 Å². The molecular formula is C33H32N4O4. The van der Waals surface area contributed by atoms with Gasteiger partial charge in [0.15, 0.2) is 11.5 Å². The Morgan fingerprint density at radius 3 is 2.34 bits per heavy atom. The molecule has 3 aromatic carbocycles. The zero-order valence-electron chi connectivity index (χ0n) is 23.6. The number of carbonyl (C=O) groups is 1. The number of fused-ring (bicyclic) bond motifs is 1. The topological polar surface area (TPSA) is 78.7 Å². The minimum atomic E-state index is -0.00498. The molecule has 1 aliphatic rings. The van der Waals surface area contributed by atoms with Crippen LogP contribution in [0.15, 0.2) is 79.1 Å². The Labute approximate surface area is 239 Å². The maximum atomic E-state index is 13.9. The van der Waals surface area contributed by atoms with Crippen LogP contribution in [0.5, 0.6) is 17.2 Å². The highest BCUT2D eigenvalue weighted by Gasteiger charge is 2.34. The summed E-state index contributed by atoms with van der Waals surface area (Å²) in [5.41, 5.74) is 6.16. The Hall–Kier alpha value is -4.85. The van der Waals surface area contributed by atoms with Crippen molar-refractivity contribution in [2.75, 3.05) is 21.3 Å². The van der Waals surface area contributed by atoms with Gasteiger partial charge in [-0.3, -0.25) is 4.79 Å².